The molecule has 90 valence electrons. The molecule has 0 amide bonds. The van der Waals surface area contributed by atoms with Crippen molar-refractivity contribution >= 4 is 11.3 Å². The molecule has 5 nitrogen and oxygen atoms in total. The fourth-order valence-electron chi connectivity index (χ4n) is 2.13. The lowest BCUT2D eigenvalue weighted by Gasteiger charge is -2.39. The van der Waals surface area contributed by atoms with Crippen molar-refractivity contribution in [1.82, 2.24) is 20.0 Å². The molecule has 1 aliphatic heterocycles. The minimum Gasteiger partial charge on any atom is -0.395 e. The molecule has 0 aliphatic carbocycles. The van der Waals surface area contributed by atoms with E-state index >= 15 is 0 Å². The van der Waals surface area contributed by atoms with Crippen molar-refractivity contribution in [2.24, 2.45) is 0 Å². The highest BCUT2D eigenvalue weighted by Crippen LogP contribution is 2.13. The third-order valence-corrected chi connectivity index (χ3v) is 3.68. The number of β-amino-alcohol motifs (C(OH)–C–C–N with tert-alkyl or cyclic N) is 1. The highest BCUT2D eigenvalue weighted by Gasteiger charge is 2.23. The first-order chi connectivity index (χ1) is 7.79. The van der Waals surface area contributed by atoms with Crippen LogP contribution in [0.5, 0.6) is 0 Å². The number of aliphatic hydroxyl groups is 1. The lowest BCUT2D eigenvalue weighted by Crippen LogP contribution is -2.52. The van der Waals surface area contributed by atoms with Gasteiger partial charge in [0.15, 0.2) is 0 Å². The first kappa shape index (κ1) is 11.9. The van der Waals surface area contributed by atoms with Crippen LogP contribution in [-0.4, -0.2) is 63.9 Å². The second-order valence-electron chi connectivity index (χ2n) is 4.18. The molecule has 6 heteroatoms. The van der Waals surface area contributed by atoms with Crippen LogP contribution in [0.1, 0.15) is 11.9 Å². The van der Waals surface area contributed by atoms with Crippen molar-refractivity contribution in [1.29, 1.82) is 0 Å². The molecule has 1 aromatic rings. The van der Waals surface area contributed by atoms with Crippen molar-refractivity contribution < 1.29 is 5.11 Å². The summed E-state index contributed by atoms with van der Waals surface area (Å²) in [5.74, 6) is 0. The van der Waals surface area contributed by atoms with E-state index in [4.69, 9.17) is 5.11 Å². The van der Waals surface area contributed by atoms with Crippen molar-refractivity contribution in [3.05, 3.63) is 10.5 Å². The summed E-state index contributed by atoms with van der Waals surface area (Å²) < 4.78 is 0. The smallest absolute Gasteiger partial charge is 0.131 e. The Morgan fingerprint density at radius 1 is 1.56 bits per heavy atom. The largest absolute Gasteiger partial charge is 0.395 e. The summed E-state index contributed by atoms with van der Waals surface area (Å²) in [5.41, 5.74) is 1.78. The van der Waals surface area contributed by atoms with Gasteiger partial charge in [-0.25, -0.2) is 0 Å². The van der Waals surface area contributed by atoms with Crippen LogP contribution in [-0.2, 0) is 6.54 Å². The summed E-state index contributed by atoms with van der Waals surface area (Å²) in [6, 6.07) is 0.508. The van der Waals surface area contributed by atoms with Gasteiger partial charge in [0.05, 0.1) is 13.2 Å². The van der Waals surface area contributed by atoms with Gasteiger partial charge in [0.1, 0.15) is 10.5 Å². The Bertz CT molecular complexity index is 306. The number of aliphatic hydroxyl groups excluding tert-OH is 1. The second kappa shape index (κ2) is 5.67. The van der Waals surface area contributed by atoms with Crippen LogP contribution in [0.2, 0.25) is 0 Å². The summed E-state index contributed by atoms with van der Waals surface area (Å²) in [7, 11) is 0. The predicted octanol–water partition coefficient (Wildman–Crippen LogP) is 0.0365. The zero-order valence-corrected chi connectivity index (χ0v) is 10.4. The van der Waals surface area contributed by atoms with Crippen LogP contribution in [0.4, 0.5) is 0 Å². The molecule has 1 fully saturated rings. The Hall–Kier alpha value is -0.560. The number of piperazine rings is 1. The summed E-state index contributed by atoms with van der Waals surface area (Å²) in [6.45, 7) is 7.27. The van der Waals surface area contributed by atoms with Crippen LogP contribution in [0.3, 0.4) is 0 Å². The number of nitrogens with zero attached hydrogens (tertiary/aromatic N) is 4. The van der Waals surface area contributed by atoms with E-state index in [1.54, 1.807) is 16.8 Å². The topological polar surface area (TPSA) is 52.5 Å². The van der Waals surface area contributed by atoms with Gasteiger partial charge in [0.2, 0.25) is 0 Å². The van der Waals surface area contributed by atoms with Crippen LogP contribution in [0.15, 0.2) is 5.51 Å². The van der Waals surface area contributed by atoms with E-state index in [0.29, 0.717) is 6.04 Å². The highest BCUT2D eigenvalue weighted by atomic mass is 32.1. The van der Waals surface area contributed by atoms with Gasteiger partial charge < -0.3 is 5.11 Å². The minimum atomic E-state index is 0.251. The van der Waals surface area contributed by atoms with Crippen LogP contribution in [0, 0.1) is 0 Å². The van der Waals surface area contributed by atoms with Crippen LogP contribution < -0.4 is 0 Å². The summed E-state index contributed by atoms with van der Waals surface area (Å²) in [5, 5.41) is 17.9. The molecule has 2 rings (SSSR count). The molecule has 1 aromatic heterocycles. The molecule has 1 unspecified atom stereocenters. The standard InChI is InChI=1S/C10H18N4OS/c1-9-6-13(2-3-14(9)4-5-15)7-10-12-11-8-16-10/h8-9,15H,2-7H2,1H3. The molecule has 1 atom stereocenters. The molecular weight excluding hydrogens is 224 g/mol. The average Bonchev–Trinajstić information content (AvgIpc) is 2.75. The SMILES string of the molecule is CC1CN(Cc2nncs2)CCN1CCO. The summed E-state index contributed by atoms with van der Waals surface area (Å²) in [4.78, 5) is 4.73. The fourth-order valence-corrected chi connectivity index (χ4v) is 2.70. The van der Waals surface area contributed by atoms with Crippen molar-refractivity contribution in [3.8, 4) is 0 Å². The Labute approximate surface area is 99.7 Å². The monoisotopic (exact) mass is 242 g/mol. The van der Waals surface area contributed by atoms with Gasteiger partial charge in [-0.1, -0.05) is 0 Å². The maximum absolute atomic E-state index is 8.94. The van der Waals surface area contributed by atoms with E-state index in [0.717, 1.165) is 37.7 Å². The fraction of sp³-hybridized carbons (Fsp3) is 0.800. The molecule has 0 spiro atoms. The lowest BCUT2D eigenvalue weighted by atomic mass is 10.2. The molecule has 1 aliphatic rings. The normalized spacial score (nSPS) is 23.8. The van der Waals surface area contributed by atoms with E-state index in [-0.39, 0.29) is 6.61 Å². The Morgan fingerprint density at radius 2 is 2.44 bits per heavy atom. The van der Waals surface area contributed by atoms with Gasteiger partial charge in [-0.2, -0.15) is 0 Å². The number of aromatic nitrogens is 2. The van der Waals surface area contributed by atoms with Gasteiger partial charge >= 0.3 is 0 Å². The Morgan fingerprint density at radius 3 is 3.06 bits per heavy atom. The first-order valence-corrected chi connectivity index (χ1v) is 6.50. The lowest BCUT2D eigenvalue weighted by molar-refractivity contribution is 0.0646. The molecule has 16 heavy (non-hydrogen) atoms. The van der Waals surface area contributed by atoms with Crippen molar-refractivity contribution in [3.63, 3.8) is 0 Å². The van der Waals surface area contributed by atoms with Crippen molar-refractivity contribution in [2.45, 2.75) is 19.5 Å². The molecule has 0 bridgehead atoms. The molecular formula is C10H18N4OS. The summed E-state index contributed by atoms with van der Waals surface area (Å²) in [6.07, 6.45) is 0. The molecule has 0 radical (unpaired) electrons. The molecule has 1 saturated heterocycles. The van der Waals surface area contributed by atoms with E-state index in [9.17, 15) is 0 Å². The third kappa shape index (κ3) is 2.98. The number of hydrogen-bond acceptors (Lipinski definition) is 6. The molecule has 0 aromatic carbocycles. The Kier molecular flexibility index (Phi) is 4.22. The number of hydrogen-bond donors (Lipinski definition) is 1. The first-order valence-electron chi connectivity index (χ1n) is 5.62. The van der Waals surface area contributed by atoms with E-state index < -0.39 is 0 Å². The van der Waals surface area contributed by atoms with E-state index in [1.165, 1.54) is 0 Å². The highest BCUT2D eigenvalue weighted by molar-refractivity contribution is 7.09. The van der Waals surface area contributed by atoms with Gasteiger partial charge in [-0.3, -0.25) is 9.80 Å². The molecule has 0 saturated carbocycles. The maximum Gasteiger partial charge on any atom is 0.131 e. The van der Waals surface area contributed by atoms with Crippen LogP contribution in [0.25, 0.3) is 0 Å². The molecule has 2 heterocycles. The third-order valence-electron chi connectivity index (χ3n) is 3.00. The van der Waals surface area contributed by atoms with Gasteiger partial charge in [0.25, 0.3) is 0 Å². The van der Waals surface area contributed by atoms with E-state index in [2.05, 4.69) is 26.9 Å². The average molecular weight is 242 g/mol. The zero-order valence-electron chi connectivity index (χ0n) is 9.54. The minimum absolute atomic E-state index is 0.251. The Balaban J connectivity index is 1.82. The van der Waals surface area contributed by atoms with E-state index in [1.807, 2.05) is 0 Å². The predicted molar refractivity (Wildman–Crippen MR) is 63.3 cm³/mol. The van der Waals surface area contributed by atoms with Gasteiger partial charge in [0, 0.05) is 32.2 Å². The molecule has 1 N–H and O–H groups in total. The second-order valence-corrected chi connectivity index (χ2v) is 5.09. The zero-order chi connectivity index (χ0) is 11.4. The summed E-state index contributed by atoms with van der Waals surface area (Å²) >= 11 is 1.61. The van der Waals surface area contributed by atoms with Crippen LogP contribution >= 0.6 is 11.3 Å². The quantitative estimate of drug-likeness (QED) is 0.808. The van der Waals surface area contributed by atoms with Gasteiger partial charge in [-0.05, 0) is 6.92 Å². The van der Waals surface area contributed by atoms with Gasteiger partial charge in [-0.15, -0.1) is 21.5 Å². The maximum atomic E-state index is 8.94. The van der Waals surface area contributed by atoms with Crippen molar-refractivity contribution in [2.75, 3.05) is 32.8 Å². The number of rotatable bonds is 4.